The van der Waals surface area contributed by atoms with Crippen LogP contribution in [0, 0.1) is 0 Å². The van der Waals surface area contributed by atoms with Crippen molar-refractivity contribution in [3.05, 3.63) is 18.0 Å². The number of rotatable bonds is 2. The van der Waals surface area contributed by atoms with Crippen LogP contribution in [0.5, 0.6) is 0 Å². The fourth-order valence-electron chi connectivity index (χ4n) is 2.78. The van der Waals surface area contributed by atoms with E-state index >= 15 is 0 Å². The predicted molar refractivity (Wildman–Crippen MR) is 93.6 cm³/mol. The van der Waals surface area contributed by atoms with Crippen molar-refractivity contribution in [1.82, 2.24) is 19.9 Å². The molecule has 2 aromatic heterocycles. The molecule has 3 rings (SSSR count). The summed E-state index contributed by atoms with van der Waals surface area (Å²) >= 11 is 0. The molecule has 0 spiro atoms. The van der Waals surface area contributed by atoms with E-state index < -0.39 is 0 Å². The largest absolute Gasteiger partial charge is 0.383 e. The summed E-state index contributed by atoms with van der Waals surface area (Å²) in [6, 6.07) is 0. The Labute approximate surface area is 141 Å². The maximum absolute atomic E-state index is 6.31. The van der Waals surface area contributed by atoms with Gasteiger partial charge in [0, 0.05) is 36.6 Å². The van der Waals surface area contributed by atoms with Crippen LogP contribution in [-0.4, -0.2) is 46.2 Å². The third-order valence-electron chi connectivity index (χ3n) is 3.91. The third kappa shape index (κ3) is 3.23. The highest BCUT2D eigenvalue weighted by molar-refractivity contribution is 5.70. The molecule has 128 valence electrons. The maximum Gasteiger partial charge on any atom is 0.228 e. The number of anilines is 3. The molecule has 0 bridgehead atoms. The van der Waals surface area contributed by atoms with Crippen LogP contribution in [0.2, 0.25) is 0 Å². The highest BCUT2D eigenvalue weighted by Gasteiger charge is 2.27. The van der Waals surface area contributed by atoms with Crippen LogP contribution in [0.4, 0.5) is 17.7 Å². The Bertz CT molecular complexity index is 718. The van der Waals surface area contributed by atoms with E-state index in [1.54, 1.807) is 12.4 Å². The number of ether oxygens (including phenoxy) is 1. The first-order valence-corrected chi connectivity index (χ1v) is 7.95. The molecule has 1 aliphatic rings. The summed E-state index contributed by atoms with van der Waals surface area (Å²) in [7, 11) is 0. The number of hydrogen-bond donors (Lipinski definition) is 2. The van der Waals surface area contributed by atoms with E-state index in [9.17, 15) is 0 Å². The van der Waals surface area contributed by atoms with Gasteiger partial charge in [0.25, 0.3) is 0 Å². The molecule has 1 fully saturated rings. The van der Waals surface area contributed by atoms with Gasteiger partial charge in [-0.15, -0.1) is 0 Å². The van der Waals surface area contributed by atoms with Crippen molar-refractivity contribution < 1.29 is 4.74 Å². The molecule has 4 N–H and O–H groups in total. The van der Waals surface area contributed by atoms with Crippen LogP contribution in [0.15, 0.2) is 12.4 Å². The molecule has 8 nitrogen and oxygen atoms in total. The minimum atomic E-state index is -0.218. The van der Waals surface area contributed by atoms with E-state index in [-0.39, 0.29) is 11.4 Å². The molecule has 8 heteroatoms. The molecule has 0 radical (unpaired) electrons. The minimum Gasteiger partial charge on any atom is -0.383 e. The molecule has 0 amide bonds. The van der Waals surface area contributed by atoms with Crippen LogP contribution in [0.25, 0.3) is 11.3 Å². The fraction of sp³-hybridized carbons (Fsp3) is 0.500. The Balaban J connectivity index is 2.14. The standard InChI is InChI=1S/C16H23N7O/c1-16(2,3)11-12(10-8-19-14(18)20-9-10)21-15(22-13(11)17)23-4-6-24-7-5-23/h8-9H,4-7H2,1-3H3,(H2,17,21,22)(H2,18,19,20). The first-order chi connectivity index (χ1) is 11.4. The summed E-state index contributed by atoms with van der Waals surface area (Å²) in [6.07, 6.45) is 3.34. The van der Waals surface area contributed by atoms with Gasteiger partial charge in [0.15, 0.2) is 0 Å². The monoisotopic (exact) mass is 329 g/mol. The molecule has 24 heavy (non-hydrogen) atoms. The van der Waals surface area contributed by atoms with Gasteiger partial charge in [-0.25, -0.2) is 15.0 Å². The van der Waals surface area contributed by atoms with Crippen LogP contribution in [-0.2, 0) is 10.2 Å². The molecule has 2 aromatic rings. The second kappa shape index (κ2) is 6.20. The van der Waals surface area contributed by atoms with Crippen molar-refractivity contribution in [3.8, 4) is 11.3 Å². The van der Waals surface area contributed by atoms with Crippen LogP contribution >= 0.6 is 0 Å². The summed E-state index contributed by atoms with van der Waals surface area (Å²) in [5, 5.41) is 0. The molecule has 0 atom stereocenters. The zero-order valence-corrected chi connectivity index (χ0v) is 14.3. The van der Waals surface area contributed by atoms with E-state index in [1.807, 2.05) is 0 Å². The SMILES string of the molecule is CC(C)(C)c1c(N)nc(N2CCOCC2)nc1-c1cnc(N)nc1. The van der Waals surface area contributed by atoms with Crippen LogP contribution < -0.4 is 16.4 Å². The topological polar surface area (TPSA) is 116 Å². The third-order valence-corrected chi connectivity index (χ3v) is 3.91. The molecular weight excluding hydrogens is 306 g/mol. The van der Waals surface area contributed by atoms with Gasteiger partial charge in [-0.05, 0) is 5.41 Å². The van der Waals surface area contributed by atoms with E-state index in [4.69, 9.17) is 21.2 Å². The highest BCUT2D eigenvalue weighted by Crippen LogP contribution is 2.36. The molecular formula is C16H23N7O. The average molecular weight is 329 g/mol. The zero-order valence-electron chi connectivity index (χ0n) is 14.3. The molecule has 1 aliphatic heterocycles. The molecule has 0 aromatic carbocycles. The summed E-state index contributed by atoms with van der Waals surface area (Å²) in [5.41, 5.74) is 14.1. The predicted octanol–water partition coefficient (Wildman–Crippen LogP) is 1.23. The van der Waals surface area contributed by atoms with Crippen molar-refractivity contribution in [2.24, 2.45) is 0 Å². The van der Waals surface area contributed by atoms with Crippen LogP contribution in [0.3, 0.4) is 0 Å². The maximum atomic E-state index is 6.31. The van der Waals surface area contributed by atoms with E-state index in [2.05, 4.69) is 40.6 Å². The van der Waals surface area contributed by atoms with Gasteiger partial charge in [-0.3, -0.25) is 0 Å². The van der Waals surface area contributed by atoms with E-state index in [0.717, 1.165) is 29.9 Å². The Hall–Kier alpha value is -2.48. The van der Waals surface area contributed by atoms with Gasteiger partial charge >= 0.3 is 0 Å². The fourth-order valence-corrected chi connectivity index (χ4v) is 2.78. The van der Waals surface area contributed by atoms with Crippen molar-refractivity contribution in [1.29, 1.82) is 0 Å². The summed E-state index contributed by atoms with van der Waals surface area (Å²) in [4.78, 5) is 19.6. The van der Waals surface area contributed by atoms with Crippen LogP contribution in [0.1, 0.15) is 26.3 Å². The lowest BCUT2D eigenvalue weighted by Gasteiger charge is -2.29. The van der Waals surface area contributed by atoms with Gasteiger partial charge in [0.1, 0.15) is 5.82 Å². The Morgan fingerprint density at radius 2 is 1.67 bits per heavy atom. The normalized spacial score (nSPS) is 15.5. The molecule has 0 aliphatic carbocycles. The average Bonchev–Trinajstić information content (AvgIpc) is 2.54. The Morgan fingerprint density at radius 3 is 2.25 bits per heavy atom. The van der Waals surface area contributed by atoms with Crippen molar-refractivity contribution in [2.45, 2.75) is 26.2 Å². The Kier molecular flexibility index (Phi) is 4.23. The number of morpholine rings is 1. The van der Waals surface area contributed by atoms with Crippen molar-refractivity contribution in [3.63, 3.8) is 0 Å². The summed E-state index contributed by atoms with van der Waals surface area (Å²) < 4.78 is 5.40. The first kappa shape index (κ1) is 16.4. The second-order valence-corrected chi connectivity index (χ2v) is 6.81. The lowest BCUT2D eigenvalue weighted by Crippen LogP contribution is -2.37. The molecule has 1 saturated heterocycles. The van der Waals surface area contributed by atoms with Gasteiger partial charge < -0.3 is 21.1 Å². The minimum absolute atomic E-state index is 0.218. The van der Waals surface area contributed by atoms with Gasteiger partial charge in [-0.2, -0.15) is 4.98 Å². The van der Waals surface area contributed by atoms with Gasteiger partial charge in [0.05, 0.1) is 18.9 Å². The second-order valence-electron chi connectivity index (χ2n) is 6.81. The number of hydrogen-bond acceptors (Lipinski definition) is 8. The van der Waals surface area contributed by atoms with Crippen molar-refractivity contribution in [2.75, 3.05) is 42.7 Å². The van der Waals surface area contributed by atoms with Crippen molar-refractivity contribution >= 4 is 17.7 Å². The number of aromatic nitrogens is 4. The van der Waals surface area contributed by atoms with Gasteiger partial charge in [-0.1, -0.05) is 20.8 Å². The lowest BCUT2D eigenvalue weighted by molar-refractivity contribution is 0.122. The number of nitrogens with zero attached hydrogens (tertiary/aromatic N) is 5. The smallest absolute Gasteiger partial charge is 0.228 e. The summed E-state index contributed by atoms with van der Waals surface area (Å²) in [6.45, 7) is 9.04. The molecule has 0 unspecified atom stereocenters. The zero-order chi connectivity index (χ0) is 17.3. The molecule has 0 saturated carbocycles. The molecule has 3 heterocycles. The number of nitrogens with two attached hydrogens (primary N) is 2. The first-order valence-electron chi connectivity index (χ1n) is 7.95. The van der Waals surface area contributed by atoms with Gasteiger partial charge in [0.2, 0.25) is 11.9 Å². The quantitative estimate of drug-likeness (QED) is 0.845. The lowest BCUT2D eigenvalue weighted by atomic mass is 9.84. The van der Waals surface area contributed by atoms with E-state index in [0.29, 0.717) is 25.0 Å². The highest BCUT2D eigenvalue weighted by atomic mass is 16.5. The summed E-state index contributed by atoms with van der Waals surface area (Å²) in [5.74, 6) is 1.31. The number of nitrogen functional groups attached to an aromatic ring is 2. The Morgan fingerprint density at radius 1 is 1.04 bits per heavy atom. The van der Waals surface area contributed by atoms with E-state index in [1.165, 1.54) is 0 Å².